The van der Waals surface area contributed by atoms with E-state index in [1.807, 2.05) is 30.3 Å². The minimum atomic E-state index is -0.809. The van der Waals surface area contributed by atoms with Crippen LogP contribution < -0.4 is 16.2 Å². The molecule has 4 aliphatic rings. The molecule has 1 aliphatic heterocycles. The molecule has 6 unspecified atom stereocenters. The fourth-order valence-corrected chi connectivity index (χ4v) is 14.9. The summed E-state index contributed by atoms with van der Waals surface area (Å²) in [6.07, 6.45) is 15.7. The Kier molecular flexibility index (Phi) is 18.9. The summed E-state index contributed by atoms with van der Waals surface area (Å²) >= 11 is 0. The highest BCUT2D eigenvalue weighted by atomic mass is 33.1. The topological polar surface area (TPSA) is 212 Å². The number of aryl methyl sites for hydroxylation is 2. The fourth-order valence-electron chi connectivity index (χ4n) is 12.4. The zero-order valence-electron chi connectivity index (χ0n) is 43.6. The third kappa shape index (κ3) is 13.9. The molecule has 0 amide bonds. The number of ketones is 2. The second-order valence-electron chi connectivity index (χ2n) is 22.0. The Labute approximate surface area is 456 Å². The van der Waals surface area contributed by atoms with Crippen LogP contribution in [0.25, 0.3) is 0 Å². The largest absolute Gasteiger partial charge is 0.508 e. The van der Waals surface area contributed by atoms with E-state index in [-0.39, 0.29) is 67.1 Å². The van der Waals surface area contributed by atoms with Crippen molar-refractivity contribution in [3.8, 4) is 29.1 Å². The number of nitrogens with one attached hydrogen (secondary N) is 1. The Morgan fingerprint density at radius 2 is 1.63 bits per heavy atom. The van der Waals surface area contributed by atoms with Crippen molar-refractivity contribution >= 4 is 33.2 Å². The number of ether oxygens (including phenoxy) is 1. The van der Waals surface area contributed by atoms with Gasteiger partial charge in [0.15, 0.2) is 23.1 Å². The van der Waals surface area contributed by atoms with Gasteiger partial charge in [-0.2, -0.15) is 0 Å². The van der Waals surface area contributed by atoms with Crippen LogP contribution in [-0.4, -0.2) is 73.3 Å². The van der Waals surface area contributed by atoms with Gasteiger partial charge in [0, 0.05) is 71.9 Å². The molecule has 0 spiro atoms. The molecule has 1 aromatic heterocycles. The van der Waals surface area contributed by atoms with E-state index in [1.165, 1.54) is 5.56 Å². The average molecular weight is 1070 g/mol. The Morgan fingerprint density at radius 1 is 0.855 bits per heavy atom. The third-order valence-corrected chi connectivity index (χ3v) is 19.2. The van der Waals surface area contributed by atoms with Crippen molar-refractivity contribution in [2.75, 3.05) is 19.0 Å². The molecule has 76 heavy (non-hydrogen) atoms. The monoisotopic (exact) mass is 1070 g/mol. The van der Waals surface area contributed by atoms with Gasteiger partial charge in [0.1, 0.15) is 5.75 Å². The summed E-state index contributed by atoms with van der Waals surface area (Å²) in [5, 5.41) is 56.0. The van der Waals surface area contributed by atoms with E-state index in [0.29, 0.717) is 84.8 Å². The number of hydrogen-bond donors (Lipinski definition) is 8. The minimum absolute atomic E-state index is 0.0102. The summed E-state index contributed by atoms with van der Waals surface area (Å²) in [7, 11) is 3.36. The highest BCUT2D eigenvalue weighted by Gasteiger charge is 2.43. The maximum atomic E-state index is 14.3. The molecule has 8 bridgehead atoms. The van der Waals surface area contributed by atoms with Gasteiger partial charge in [-0.1, -0.05) is 101 Å². The predicted octanol–water partition coefficient (Wildman–Crippen LogP) is 10.5. The molecular weight excluding hydrogens is 991 g/mol. The minimum Gasteiger partial charge on any atom is -0.508 e. The van der Waals surface area contributed by atoms with Gasteiger partial charge in [-0.3, -0.25) is 9.59 Å². The van der Waals surface area contributed by atoms with Crippen molar-refractivity contribution in [2.24, 2.45) is 34.6 Å². The molecule has 10 N–H and O–H groups in total. The van der Waals surface area contributed by atoms with Gasteiger partial charge in [0.2, 0.25) is 0 Å². The van der Waals surface area contributed by atoms with Crippen molar-refractivity contribution in [2.45, 2.75) is 139 Å². The summed E-state index contributed by atoms with van der Waals surface area (Å²) in [6.45, 7) is 0.303. The average Bonchev–Trinajstić information content (AvgIpc) is 4.20. The lowest BCUT2D eigenvalue weighted by atomic mass is 9.76. The maximum Gasteiger partial charge on any atom is 0.165 e. The van der Waals surface area contributed by atoms with Gasteiger partial charge in [-0.15, -0.1) is 0 Å². The Bertz CT molecular complexity index is 2920. The number of phenols is 2. The number of fused-ring (bicyclic) bond motifs is 9. The van der Waals surface area contributed by atoms with Crippen LogP contribution >= 0.6 is 21.6 Å². The molecule has 6 atom stereocenters. The van der Waals surface area contributed by atoms with Crippen LogP contribution in [0.1, 0.15) is 155 Å². The molecule has 13 heteroatoms. The SMILES string of the molecule is NC(N)c1cc2c3cc1CSSCC1CC(CCC(CCc4ccccc4CCO)CC(O)C4CCCC4)(C=CC(=O)CCc4ccc(O)c(c4)OCCc4ccc(O)c(c4)C3CC(=O)c3cc[nH]c3CC#C2)CC1O. The standard InChI is InChI=1S/C63H75N3O8S2/c64-62(65)52-33-46-10-5-11-55-50(22-27-66-55)59(72)35-53-51(46)34-47(52)38-75-76-39-48-36-63(37-60(48)73,25-20-41(31-58(71)45-8-3-4-9-45)12-16-43-6-1-2-7-44(43)23-28-67)26-21-49(68)17-13-40-15-19-57(70)61(32-40)74-29-24-42-14-18-56(69)54(53)30-42/h1-2,6-7,14-15,18-19,21-22,26-27,30,32-34,41,45,48,53,58,60,62,66-67,69-71,73H,3-4,8-9,11-13,16-17,20,23-25,28-29,31,35-39,64-65H2. The first-order valence-corrected chi connectivity index (χ1v) is 30.0. The normalized spacial score (nSPS) is 22.4. The predicted molar refractivity (Wildman–Crippen MR) is 303 cm³/mol. The number of aliphatic hydroxyl groups excluding tert-OH is 3. The van der Waals surface area contributed by atoms with E-state index in [4.69, 9.17) is 16.2 Å². The van der Waals surface area contributed by atoms with Crippen molar-refractivity contribution in [1.82, 2.24) is 4.98 Å². The second-order valence-corrected chi connectivity index (χ2v) is 24.5. The molecule has 2 saturated carbocycles. The summed E-state index contributed by atoms with van der Waals surface area (Å²) in [5.74, 6) is 8.04. The number of phenolic OH excluding ortho intramolecular Hbond substituents is 2. The van der Waals surface area contributed by atoms with Gasteiger partial charge in [-0.05, 0) is 169 Å². The first-order valence-electron chi connectivity index (χ1n) is 27.5. The first kappa shape index (κ1) is 55.5. The fraction of sp³-hybridized carbons (Fsp3) is 0.460. The number of nitrogens with two attached hydrogens (primary N) is 2. The van der Waals surface area contributed by atoms with Crippen molar-refractivity contribution in [3.63, 3.8) is 0 Å². The Balaban J connectivity index is 1.02. The van der Waals surface area contributed by atoms with Crippen molar-refractivity contribution in [3.05, 3.63) is 159 Å². The molecule has 3 aliphatic carbocycles. The van der Waals surface area contributed by atoms with E-state index in [9.17, 15) is 35.1 Å². The van der Waals surface area contributed by atoms with Crippen LogP contribution in [-0.2, 0) is 42.7 Å². The molecule has 402 valence electrons. The number of H-pyrrole nitrogens is 1. The van der Waals surface area contributed by atoms with Crippen LogP contribution in [0, 0.1) is 35.0 Å². The zero-order chi connectivity index (χ0) is 53.2. The molecule has 2 fully saturated rings. The van der Waals surface area contributed by atoms with Gasteiger partial charge in [0.25, 0.3) is 0 Å². The van der Waals surface area contributed by atoms with E-state index in [1.54, 1.807) is 58.1 Å². The smallest absolute Gasteiger partial charge is 0.165 e. The molecule has 0 radical (unpaired) electrons. The summed E-state index contributed by atoms with van der Waals surface area (Å²) in [6, 6.07) is 24.7. The summed E-state index contributed by atoms with van der Waals surface area (Å²) in [5.41, 5.74) is 21.7. The van der Waals surface area contributed by atoms with Gasteiger partial charge < -0.3 is 46.7 Å². The van der Waals surface area contributed by atoms with E-state index in [0.717, 1.165) is 90.4 Å². The number of allylic oxidation sites excluding steroid dienone is 2. The molecule has 2 heterocycles. The third-order valence-electron chi connectivity index (χ3n) is 16.8. The molecule has 11 nitrogen and oxygen atoms in total. The molecule has 5 aromatic rings. The number of rotatable bonds is 12. The number of aromatic hydroxyl groups is 2. The number of aliphatic hydroxyl groups is 3. The molecule has 9 rings (SSSR count). The van der Waals surface area contributed by atoms with Crippen molar-refractivity contribution < 1.29 is 39.9 Å². The first-order chi connectivity index (χ1) is 36.8. The number of benzene rings is 4. The summed E-state index contributed by atoms with van der Waals surface area (Å²) in [4.78, 5) is 31.4. The lowest BCUT2D eigenvalue weighted by Gasteiger charge is -2.30. The molecular formula is C63H75N3O8S2. The van der Waals surface area contributed by atoms with E-state index in [2.05, 4.69) is 47.2 Å². The highest BCUT2D eigenvalue weighted by molar-refractivity contribution is 8.76. The lowest BCUT2D eigenvalue weighted by Crippen LogP contribution is -2.24. The number of aromatic amines is 1. The highest BCUT2D eigenvalue weighted by Crippen LogP contribution is 2.50. The quantitative estimate of drug-likeness (QED) is 0.0333. The number of hydrogen-bond acceptors (Lipinski definition) is 12. The van der Waals surface area contributed by atoms with Crippen LogP contribution in [0.4, 0.5) is 0 Å². The number of Topliss-reactive ketones (excluding diaryl/α,β-unsaturated/α-hetero) is 1. The summed E-state index contributed by atoms with van der Waals surface area (Å²) < 4.78 is 6.20. The van der Waals surface area contributed by atoms with Gasteiger partial charge in [-0.25, -0.2) is 0 Å². The van der Waals surface area contributed by atoms with Crippen LogP contribution in [0.15, 0.2) is 97.2 Å². The molecule has 0 saturated heterocycles. The van der Waals surface area contributed by atoms with E-state index >= 15 is 0 Å². The van der Waals surface area contributed by atoms with Crippen LogP contribution in [0.2, 0.25) is 0 Å². The Morgan fingerprint density at radius 3 is 2.42 bits per heavy atom. The number of carbonyl (C=O) groups excluding carboxylic acids is 2. The van der Waals surface area contributed by atoms with Crippen LogP contribution in [0.5, 0.6) is 17.2 Å². The van der Waals surface area contributed by atoms with E-state index < -0.39 is 23.6 Å². The van der Waals surface area contributed by atoms with Gasteiger partial charge in [0.05, 0.1) is 31.4 Å². The second kappa shape index (κ2) is 25.9. The van der Waals surface area contributed by atoms with Crippen molar-refractivity contribution in [1.29, 1.82) is 0 Å². The lowest BCUT2D eigenvalue weighted by molar-refractivity contribution is -0.114. The maximum absolute atomic E-state index is 14.3. The number of carbonyl (C=O) groups is 2. The van der Waals surface area contributed by atoms with Gasteiger partial charge >= 0.3 is 0 Å². The Hall–Kier alpha value is -5.30. The van der Waals surface area contributed by atoms with Crippen LogP contribution in [0.3, 0.4) is 0 Å². The zero-order valence-corrected chi connectivity index (χ0v) is 45.2. The molecule has 4 aromatic carbocycles. The number of aromatic nitrogens is 1.